The van der Waals surface area contributed by atoms with Gasteiger partial charge >= 0.3 is 5.97 Å². The molecule has 1 aliphatic heterocycles. The lowest BCUT2D eigenvalue weighted by Gasteiger charge is -2.22. The van der Waals surface area contributed by atoms with Crippen LogP contribution in [0.2, 0.25) is 0 Å². The molecule has 0 saturated carbocycles. The summed E-state index contributed by atoms with van der Waals surface area (Å²) in [7, 11) is 1.76. The van der Waals surface area contributed by atoms with Crippen LogP contribution in [0.5, 0.6) is 5.75 Å². The van der Waals surface area contributed by atoms with Crippen molar-refractivity contribution in [2.24, 2.45) is 0 Å². The number of benzene rings is 2. The molecule has 1 amide bonds. The number of hydrogen-bond donors (Lipinski definition) is 2. The Bertz CT molecular complexity index is 1570. The maximum Gasteiger partial charge on any atom is 0.307 e. The van der Waals surface area contributed by atoms with E-state index in [1.54, 1.807) is 30.4 Å². The molecule has 9 heteroatoms. The number of carbonyl (C=O) groups is 2. The summed E-state index contributed by atoms with van der Waals surface area (Å²) in [5.41, 5.74) is 5.60. The summed E-state index contributed by atoms with van der Waals surface area (Å²) in [6, 6.07) is 18.8. The maximum atomic E-state index is 13.3. The van der Waals surface area contributed by atoms with Crippen LogP contribution in [0.1, 0.15) is 34.0 Å². The Balaban J connectivity index is 1.26. The third kappa shape index (κ3) is 5.58. The minimum Gasteiger partial charge on any atom is -0.493 e. The van der Waals surface area contributed by atoms with Crippen molar-refractivity contribution in [3.05, 3.63) is 95.3 Å². The number of carboxylic acid groups (broad SMARTS) is 1. The van der Waals surface area contributed by atoms with Gasteiger partial charge in [-0.05, 0) is 79.1 Å². The Morgan fingerprint density at radius 1 is 1.00 bits per heavy atom. The fourth-order valence-corrected chi connectivity index (χ4v) is 4.83. The number of aromatic nitrogens is 2. The standard InChI is InChI=1S/C31H31N5O4/c1-4-36-29-25(31(39)35(3)26-9-6-13-32-30(26)36)17-22(19-33-29)12-14-40-27-11-10-24(15-20(27)2)34-23-8-5-7-21(16-23)18-28(37)38/h5-11,13,15-17,19,34H,4,12,14,18H2,1-3H3,(H,37,38). The highest BCUT2D eigenvalue weighted by molar-refractivity contribution is 6.12. The third-order valence-corrected chi connectivity index (χ3v) is 6.81. The minimum atomic E-state index is -0.860. The van der Waals surface area contributed by atoms with Gasteiger partial charge in [-0.2, -0.15) is 0 Å². The quantitative estimate of drug-likeness (QED) is 0.287. The molecule has 1 aliphatic rings. The fraction of sp³-hybridized carbons (Fsp3) is 0.226. The van der Waals surface area contributed by atoms with E-state index < -0.39 is 5.97 Å². The molecular weight excluding hydrogens is 506 g/mol. The van der Waals surface area contributed by atoms with E-state index >= 15 is 0 Å². The van der Waals surface area contributed by atoms with Crippen LogP contribution >= 0.6 is 0 Å². The molecule has 0 unspecified atom stereocenters. The molecular formula is C31H31N5O4. The number of pyridine rings is 2. The number of aliphatic carboxylic acids is 1. The van der Waals surface area contributed by atoms with Gasteiger partial charge in [-0.3, -0.25) is 9.59 Å². The number of carboxylic acids is 1. The lowest BCUT2D eigenvalue weighted by Crippen LogP contribution is -2.25. The Morgan fingerprint density at radius 2 is 1.82 bits per heavy atom. The second-order valence-corrected chi connectivity index (χ2v) is 9.64. The van der Waals surface area contributed by atoms with E-state index in [1.807, 2.05) is 73.3 Å². The van der Waals surface area contributed by atoms with Gasteiger partial charge in [0.25, 0.3) is 5.91 Å². The van der Waals surface area contributed by atoms with Gasteiger partial charge in [0.1, 0.15) is 11.6 Å². The van der Waals surface area contributed by atoms with E-state index in [9.17, 15) is 9.59 Å². The lowest BCUT2D eigenvalue weighted by atomic mass is 10.1. The molecule has 40 heavy (non-hydrogen) atoms. The monoisotopic (exact) mass is 537 g/mol. The molecule has 0 saturated heterocycles. The fourth-order valence-electron chi connectivity index (χ4n) is 4.83. The highest BCUT2D eigenvalue weighted by atomic mass is 16.5. The number of ether oxygens (including phenoxy) is 1. The molecule has 0 fully saturated rings. The first kappa shape index (κ1) is 26.7. The number of amides is 1. The number of hydrogen-bond acceptors (Lipinski definition) is 7. The first-order valence-electron chi connectivity index (χ1n) is 13.1. The number of nitrogens with one attached hydrogen (secondary N) is 1. The Hall–Kier alpha value is -4.92. The SMILES string of the molecule is CCN1c2ncc(CCOc3ccc(Nc4cccc(CC(=O)O)c4)cc3C)cc2C(=O)N(C)c2cccnc21. The highest BCUT2D eigenvalue weighted by Crippen LogP contribution is 2.37. The first-order chi connectivity index (χ1) is 19.3. The largest absolute Gasteiger partial charge is 0.493 e. The average Bonchev–Trinajstić information content (AvgIpc) is 3.02. The number of anilines is 5. The van der Waals surface area contributed by atoms with Crippen LogP contribution in [0.3, 0.4) is 0 Å². The third-order valence-electron chi connectivity index (χ3n) is 6.81. The van der Waals surface area contributed by atoms with Gasteiger partial charge in [0.05, 0.1) is 24.3 Å². The van der Waals surface area contributed by atoms with E-state index in [4.69, 9.17) is 9.84 Å². The summed E-state index contributed by atoms with van der Waals surface area (Å²) < 4.78 is 6.08. The van der Waals surface area contributed by atoms with Crippen LogP contribution in [0.25, 0.3) is 0 Å². The second kappa shape index (κ2) is 11.4. The Morgan fingerprint density at radius 3 is 2.60 bits per heavy atom. The zero-order chi connectivity index (χ0) is 28.2. The Labute approximate surface area is 233 Å². The number of nitrogens with zero attached hydrogens (tertiary/aromatic N) is 4. The van der Waals surface area contributed by atoms with Crippen LogP contribution in [0.15, 0.2) is 73.1 Å². The molecule has 0 atom stereocenters. The van der Waals surface area contributed by atoms with Gasteiger partial charge in [0, 0.05) is 43.8 Å². The van der Waals surface area contributed by atoms with Crippen LogP contribution in [0.4, 0.5) is 28.7 Å². The van der Waals surface area contributed by atoms with Crippen LogP contribution < -0.4 is 19.9 Å². The molecule has 5 rings (SSSR count). The summed E-state index contributed by atoms with van der Waals surface area (Å²) in [6.45, 7) is 5.05. The molecule has 9 nitrogen and oxygen atoms in total. The van der Waals surface area contributed by atoms with Crippen molar-refractivity contribution in [3.8, 4) is 5.75 Å². The van der Waals surface area contributed by atoms with Gasteiger partial charge in [-0.1, -0.05) is 12.1 Å². The molecule has 0 aliphatic carbocycles. The summed E-state index contributed by atoms with van der Waals surface area (Å²) in [5, 5.41) is 12.4. The van der Waals surface area contributed by atoms with Crippen molar-refractivity contribution in [2.45, 2.75) is 26.7 Å². The van der Waals surface area contributed by atoms with Crippen molar-refractivity contribution in [2.75, 3.05) is 35.3 Å². The molecule has 0 radical (unpaired) electrons. The lowest BCUT2D eigenvalue weighted by molar-refractivity contribution is -0.136. The maximum absolute atomic E-state index is 13.3. The zero-order valence-corrected chi connectivity index (χ0v) is 22.7. The molecule has 0 bridgehead atoms. The summed E-state index contributed by atoms with van der Waals surface area (Å²) >= 11 is 0. The predicted octanol–water partition coefficient (Wildman–Crippen LogP) is 5.53. The first-order valence-corrected chi connectivity index (χ1v) is 13.1. The van der Waals surface area contributed by atoms with Crippen LogP contribution in [-0.4, -0.2) is 47.2 Å². The van der Waals surface area contributed by atoms with Crippen LogP contribution in [-0.2, 0) is 17.6 Å². The summed E-state index contributed by atoms with van der Waals surface area (Å²) in [4.78, 5) is 37.1. The molecule has 2 N–H and O–H groups in total. The number of fused-ring (bicyclic) bond motifs is 2. The second-order valence-electron chi connectivity index (χ2n) is 9.64. The van der Waals surface area contributed by atoms with Gasteiger partial charge in [0.2, 0.25) is 0 Å². The van der Waals surface area contributed by atoms with Gasteiger partial charge in [-0.25, -0.2) is 9.97 Å². The van der Waals surface area contributed by atoms with Crippen LogP contribution in [0, 0.1) is 6.92 Å². The van der Waals surface area contributed by atoms with E-state index in [1.165, 1.54) is 0 Å². The van der Waals surface area contributed by atoms with E-state index in [2.05, 4.69) is 15.3 Å². The van der Waals surface area contributed by atoms with E-state index in [0.29, 0.717) is 36.8 Å². The van der Waals surface area contributed by atoms with Crippen molar-refractivity contribution in [1.82, 2.24) is 9.97 Å². The van der Waals surface area contributed by atoms with E-state index in [0.717, 1.165) is 39.5 Å². The predicted molar refractivity (Wildman–Crippen MR) is 155 cm³/mol. The summed E-state index contributed by atoms with van der Waals surface area (Å²) in [5.74, 6) is 1.10. The molecule has 4 aromatic rings. The highest BCUT2D eigenvalue weighted by Gasteiger charge is 2.30. The molecule has 2 aromatic heterocycles. The van der Waals surface area contributed by atoms with Gasteiger partial charge in [0.15, 0.2) is 5.82 Å². The van der Waals surface area contributed by atoms with Crippen molar-refractivity contribution < 1.29 is 19.4 Å². The average molecular weight is 538 g/mol. The smallest absolute Gasteiger partial charge is 0.307 e. The van der Waals surface area contributed by atoms with Crippen molar-refractivity contribution >= 4 is 40.6 Å². The topological polar surface area (TPSA) is 108 Å². The molecule has 0 spiro atoms. The minimum absolute atomic E-state index is 0.0202. The Kier molecular flexibility index (Phi) is 7.63. The molecule has 2 aromatic carbocycles. The zero-order valence-electron chi connectivity index (χ0n) is 22.7. The number of aryl methyl sites for hydroxylation is 1. The molecule has 204 valence electrons. The van der Waals surface area contributed by atoms with Crippen molar-refractivity contribution in [1.29, 1.82) is 0 Å². The van der Waals surface area contributed by atoms with E-state index in [-0.39, 0.29) is 12.3 Å². The normalized spacial score (nSPS) is 12.4. The summed E-state index contributed by atoms with van der Waals surface area (Å²) in [6.07, 6.45) is 4.09. The van der Waals surface area contributed by atoms with Crippen molar-refractivity contribution in [3.63, 3.8) is 0 Å². The molecule has 3 heterocycles. The number of rotatable bonds is 9. The van der Waals surface area contributed by atoms with Gasteiger partial charge in [-0.15, -0.1) is 0 Å². The van der Waals surface area contributed by atoms with Gasteiger partial charge < -0.3 is 25.0 Å². The number of carbonyl (C=O) groups excluding carboxylic acids is 1.